The van der Waals surface area contributed by atoms with Crippen molar-refractivity contribution < 1.29 is 18.3 Å². The van der Waals surface area contributed by atoms with E-state index in [0.29, 0.717) is 18.5 Å². The summed E-state index contributed by atoms with van der Waals surface area (Å²) in [6.45, 7) is 3.09. The Labute approximate surface area is 135 Å². The van der Waals surface area contributed by atoms with Crippen molar-refractivity contribution in [2.24, 2.45) is 0 Å². The normalized spacial score (nSPS) is 22.0. The van der Waals surface area contributed by atoms with Gasteiger partial charge in [0.05, 0.1) is 11.7 Å². The highest BCUT2D eigenvalue weighted by Gasteiger charge is 2.34. The zero-order valence-corrected chi connectivity index (χ0v) is 13.2. The van der Waals surface area contributed by atoms with E-state index in [1.54, 1.807) is 13.0 Å². The number of rotatable bonds is 5. The second kappa shape index (κ2) is 7.85. The van der Waals surface area contributed by atoms with Gasteiger partial charge in [0.25, 0.3) is 0 Å². The molecule has 0 aliphatic carbocycles. The highest BCUT2D eigenvalue weighted by molar-refractivity contribution is 5.29. The molecule has 1 aromatic carbocycles. The van der Waals surface area contributed by atoms with Gasteiger partial charge in [-0.15, -0.1) is 11.8 Å². The molecule has 0 aromatic heterocycles. The smallest absolute Gasteiger partial charge is 0.392 e. The second-order valence-electron chi connectivity index (χ2n) is 5.91. The molecule has 1 heterocycles. The van der Waals surface area contributed by atoms with Gasteiger partial charge in [0.15, 0.2) is 0 Å². The number of aliphatic hydroxyl groups excluding tert-OH is 1. The maximum Gasteiger partial charge on any atom is 0.416 e. The number of hydrogen-bond acceptors (Lipinski definition) is 2. The molecule has 2 atom stereocenters. The fraction of sp³-hybridized carbons (Fsp3) is 0.556. The molecule has 1 fully saturated rings. The number of nitrogens with zero attached hydrogens (tertiary/aromatic N) is 1. The standard InChI is InChI=1S/C18H22F3NO/c1-2-3-4-5-6-10-22-13-16(23)12-17(22)14-8-7-9-15(11-14)18(19,20)21/h7-9,11,16-17,23H,4-6,10,12-13H2,1H3/t16-,17-/m1/s1. The van der Waals surface area contributed by atoms with Crippen molar-refractivity contribution in [3.63, 3.8) is 0 Å². The van der Waals surface area contributed by atoms with Gasteiger partial charge in [-0.3, -0.25) is 4.90 Å². The summed E-state index contributed by atoms with van der Waals surface area (Å²) in [5, 5.41) is 9.92. The first kappa shape index (κ1) is 17.8. The van der Waals surface area contributed by atoms with Crippen LogP contribution in [-0.4, -0.2) is 29.2 Å². The molecule has 1 saturated heterocycles. The van der Waals surface area contributed by atoms with Gasteiger partial charge in [-0.05, 0) is 50.4 Å². The van der Waals surface area contributed by atoms with Crippen LogP contribution in [0, 0.1) is 11.8 Å². The van der Waals surface area contributed by atoms with Crippen molar-refractivity contribution in [3.05, 3.63) is 35.4 Å². The zero-order valence-electron chi connectivity index (χ0n) is 13.2. The van der Waals surface area contributed by atoms with E-state index < -0.39 is 17.8 Å². The van der Waals surface area contributed by atoms with Crippen molar-refractivity contribution in [2.45, 2.75) is 50.9 Å². The summed E-state index contributed by atoms with van der Waals surface area (Å²) in [4.78, 5) is 2.08. The summed E-state index contributed by atoms with van der Waals surface area (Å²) < 4.78 is 38.6. The van der Waals surface area contributed by atoms with Gasteiger partial charge in [-0.1, -0.05) is 12.1 Å². The molecule has 5 heteroatoms. The van der Waals surface area contributed by atoms with E-state index in [2.05, 4.69) is 16.7 Å². The van der Waals surface area contributed by atoms with Crippen molar-refractivity contribution >= 4 is 0 Å². The second-order valence-corrected chi connectivity index (χ2v) is 5.91. The predicted octanol–water partition coefficient (Wildman–Crippen LogP) is 4.01. The van der Waals surface area contributed by atoms with Crippen LogP contribution in [0.2, 0.25) is 0 Å². The van der Waals surface area contributed by atoms with Crippen LogP contribution in [0.15, 0.2) is 24.3 Å². The minimum absolute atomic E-state index is 0.149. The van der Waals surface area contributed by atoms with E-state index in [-0.39, 0.29) is 6.04 Å². The van der Waals surface area contributed by atoms with Crippen molar-refractivity contribution in [2.75, 3.05) is 13.1 Å². The van der Waals surface area contributed by atoms with Gasteiger partial charge < -0.3 is 5.11 Å². The zero-order chi connectivity index (χ0) is 16.9. The summed E-state index contributed by atoms with van der Waals surface area (Å²) in [6, 6.07) is 5.30. The number of likely N-dealkylation sites (tertiary alicyclic amines) is 1. The molecule has 1 aromatic rings. The number of β-amino-alcohol motifs (C(OH)–C–C–N with tert-alkyl or cyclic N) is 1. The molecular weight excluding hydrogens is 303 g/mol. The third-order valence-corrected chi connectivity index (χ3v) is 4.15. The first-order valence-corrected chi connectivity index (χ1v) is 7.90. The summed E-state index contributed by atoms with van der Waals surface area (Å²) in [6.07, 6.45) is -1.61. The lowest BCUT2D eigenvalue weighted by molar-refractivity contribution is -0.137. The number of aliphatic hydroxyl groups is 1. The van der Waals surface area contributed by atoms with Crippen molar-refractivity contribution in [1.82, 2.24) is 4.90 Å². The van der Waals surface area contributed by atoms with Crippen molar-refractivity contribution in [3.8, 4) is 11.8 Å². The van der Waals surface area contributed by atoms with E-state index in [9.17, 15) is 18.3 Å². The van der Waals surface area contributed by atoms with Crippen molar-refractivity contribution in [1.29, 1.82) is 0 Å². The SMILES string of the molecule is CC#CCCCCN1C[C@H](O)C[C@@H]1c1cccc(C(F)(F)F)c1. The molecular formula is C18H22F3NO. The van der Waals surface area contributed by atoms with Gasteiger partial charge in [0.2, 0.25) is 0 Å². The maximum absolute atomic E-state index is 12.9. The first-order valence-electron chi connectivity index (χ1n) is 7.90. The number of alkyl halides is 3. The maximum atomic E-state index is 12.9. The first-order chi connectivity index (χ1) is 10.9. The fourth-order valence-electron chi connectivity index (χ4n) is 3.05. The van der Waals surface area contributed by atoms with Crippen LogP contribution < -0.4 is 0 Å². The molecule has 0 spiro atoms. The van der Waals surface area contributed by atoms with E-state index in [0.717, 1.165) is 31.9 Å². The average Bonchev–Trinajstić information content (AvgIpc) is 2.87. The van der Waals surface area contributed by atoms with E-state index >= 15 is 0 Å². The molecule has 0 unspecified atom stereocenters. The number of benzene rings is 1. The molecule has 0 amide bonds. The Bertz CT molecular complexity index is 574. The van der Waals surface area contributed by atoms with Crippen LogP contribution in [0.1, 0.15) is 49.8 Å². The molecule has 1 aliphatic heterocycles. The number of unbranched alkanes of at least 4 members (excludes halogenated alkanes) is 2. The molecule has 0 saturated carbocycles. The van der Waals surface area contributed by atoms with Crippen LogP contribution in [0.25, 0.3) is 0 Å². The van der Waals surface area contributed by atoms with Crippen LogP contribution >= 0.6 is 0 Å². The number of hydrogen-bond donors (Lipinski definition) is 1. The topological polar surface area (TPSA) is 23.5 Å². The van der Waals surface area contributed by atoms with Gasteiger partial charge in [0.1, 0.15) is 0 Å². The fourth-order valence-corrected chi connectivity index (χ4v) is 3.05. The summed E-state index contributed by atoms with van der Waals surface area (Å²) in [5.74, 6) is 5.85. The number of halogens is 3. The van der Waals surface area contributed by atoms with E-state index in [4.69, 9.17) is 0 Å². The largest absolute Gasteiger partial charge is 0.416 e. The lowest BCUT2D eigenvalue weighted by Crippen LogP contribution is -2.26. The lowest BCUT2D eigenvalue weighted by Gasteiger charge is -2.25. The average molecular weight is 325 g/mol. The predicted molar refractivity (Wildman–Crippen MR) is 83.7 cm³/mol. The third-order valence-electron chi connectivity index (χ3n) is 4.15. The summed E-state index contributed by atoms with van der Waals surface area (Å²) in [5.41, 5.74) is -0.000662. The Morgan fingerprint density at radius 3 is 2.78 bits per heavy atom. The minimum Gasteiger partial charge on any atom is -0.392 e. The highest BCUT2D eigenvalue weighted by atomic mass is 19.4. The summed E-state index contributed by atoms with van der Waals surface area (Å²) >= 11 is 0. The van der Waals surface area contributed by atoms with Gasteiger partial charge in [-0.2, -0.15) is 13.2 Å². The van der Waals surface area contributed by atoms with E-state index in [1.807, 2.05) is 0 Å². The van der Waals surface area contributed by atoms with Crippen LogP contribution in [-0.2, 0) is 6.18 Å². The van der Waals surface area contributed by atoms with Crippen LogP contribution in [0.5, 0.6) is 0 Å². The molecule has 0 radical (unpaired) electrons. The van der Waals surface area contributed by atoms with Crippen LogP contribution in [0.4, 0.5) is 13.2 Å². The van der Waals surface area contributed by atoms with Gasteiger partial charge in [0, 0.05) is 19.0 Å². The molecule has 126 valence electrons. The Hall–Kier alpha value is -1.51. The Morgan fingerprint density at radius 1 is 1.30 bits per heavy atom. The molecule has 1 aliphatic rings. The Kier molecular flexibility index (Phi) is 6.09. The molecule has 0 bridgehead atoms. The molecule has 2 rings (SSSR count). The minimum atomic E-state index is -4.34. The third kappa shape index (κ3) is 4.98. The highest BCUT2D eigenvalue weighted by Crippen LogP contribution is 2.36. The Morgan fingerprint density at radius 2 is 2.09 bits per heavy atom. The van der Waals surface area contributed by atoms with E-state index in [1.165, 1.54) is 12.1 Å². The monoisotopic (exact) mass is 325 g/mol. The molecule has 2 nitrogen and oxygen atoms in total. The van der Waals surface area contributed by atoms with Crippen LogP contribution in [0.3, 0.4) is 0 Å². The molecule has 23 heavy (non-hydrogen) atoms. The van der Waals surface area contributed by atoms with Gasteiger partial charge in [-0.25, -0.2) is 0 Å². The Balaban J connectivity index is 2.05. The lowest BCUT2D eigenvalue weighted by atomic mass is 10.0. The molecule has 1 N–H and O–H groups in total. The van der Waals surface area contributed by atoms with Gasteiger partial charge >= 0.3 is 6.18 Å². The quantitative estimate of drug-likeness (QED) is 0.653. The summed E-state index contributed by atoms with van der Waals surface area (Å²) in [7, 11) is 0.